The van der Waals surface area contributed by atoms with Crippen molar-refractivity contribution in [2.45, 2.75) is 85.1 Å². The molecular formula is C26H38F3N3O2. The van der Waals surface area contributed by atoms with Gasteiger partial charge in [-0.05, 0) is 68.7 Å². The summed E-state index contributed by atoms with van der Waals surface area (Å²) in [5, 5.41) is 3.62. The van der Waals surface area contributed by atoms with Crippen molar-refractivity contribution >= 4 is 11.8 Å². The summed E-state index contributed by atoms with van der Waals surface area (Å²) in [7, 11) is 0. The van der Waals surface area contributed by atoms with Crippen molar-refractivity contribution in [2.75, 3.05) is 19.6 Å². The van der Waals surface area contributed by atoms with Crippen LogP contribution in [0.25, 0.3) is 0 Å². The summed E-state index contributed by atoms with van der Waals surface area (Å²) in [6.07, 6.45) is -1.50. The van der Waals surface area contributed by atoms with Gasteiger partial charge in [0.1, 0.15) is 0 Å². The molecule has 34 heavy (non-hydrogen) atoms. The maximum atomic E-state index is 13.8. The van der Waals surface area contributed by atoms with E-state index in [0.717, 1.165) is 24.5 Å². The SMILES string of the molecule is CCN(CC(C)N[C@@H]1CC[C@@](C(=O)N2CCc3ccc(C(F)(F)F)cc3C2)(C(C)C)C1)C(C)=O. The smallest absolute Gasteiger partial charge is 0.342 e. The third-order valence-electron chi connectivity index (χ3n) is 7.76. The predicted octanol–water partition coefficient (Wildman–Crippen LogP) is 4.63. The highest BCUT2D eigenvalue weighted by atomic mass is 19.4. The number of rotatable bonds is 7. The Balaban J connectivity index is 1.71. The van der Waals surface area contributed by atoms with Crippen molar-refractivity contribution in [3.63, 3.8) is 0 Å². The monoisotopic (exact) mass is 481 g/mol. The molecule has 1 aliphatic heterocycles. The fourth-order valence-electron chi connectivity index (χ4n) is 5.67. The maximum Gasteiger partial charge on any atom is 0.416 e. The van der Waals surface area contributed by atoms with Crippen molar-refractivity contribution in [1.82, 2.24) is 15.1 Å². The van der Waals surface area contributed by atoms with Gasteiger partial charge in [-0.3, -0.25) is 9.59 Å². The number of nitrogens with one attached hydrogen (secondary N) is 1. The molecule has 2 amide bonds. The highest BCUT2D eigenvalue weighted by molar-refractivity contribution is 5.84. The number of alkyl halides is 3. The van der Waals surface area contributed by atoms with E-state index in [4.69, 9.17) is 0 Å². The molecule has 0 saturated heterocycles. The lowest BCUT2D eigenvalue weighted by atomic mass is 9.73. The molecule has 3 atom stereocenters. The normalized spacial score (nSPS) is 23.7. The van der Waals surface area contributed by atoms with Crippen LogP contribution >= 0.6 is 0 Å². The molecule has 1 unspecified atom stereocenters. The van der Waals surface area contributed by atoms with Gasteiger partial charge < -0.3 is 15.1 Å². The van der Waals surface area contributed by atoms with Crippen molar-refractivity contribution in [1.29, 1.82) is 0 Å². The van der Waals surface area contributed by atoms with Crippen molar-refractivity contribution in [3.8, 4) is 0 Å². The van der Waals surface area contributed by atoms with E-state index in [0.29, 0.717) is 38.0 Å². The van der Waals surface area contributed by atoms with Crippen molar-refractivity contribution < 1.29 is 22.8 Å². The Kier molecular flexibility index (Phi) is 8.00. The molecule has 0 aromatic heterocycles. The number of hydrogen-bond acceptors (Lipinski definition) is 3. The Morgan fingerprint density at radius 3 is 2.53 bits per heavy atom. The average Bonchev–Trinajstić information content (AvgIpc) is 3.20. The van der Waals surface area contributed by atoms with Gasteiger partial charge in [-0.25, -0.2) is 0 Å². The Hall–Kier alpha value is -2.09. The lowest BCUT2D eigenvalue weighted by Crippen LogP contribution is -2.49. The van der Waals surface area contributed by atoms with E-state index in [1.54, 1.807) is 22.8 Å². The van der Waals surface area contributed by atoms with Crippen LogP contribution in [0.4, 0.5) is 13.2 Å². The minimum Gasteiger partial charge on any atom is -0.342 e. The van der Waals surface area contributed by atoms with E-state index in [1.165, 1.54) is 6.07 Å². The summed E-state index contributed by atoms with van der Waals surface area (Å²) in [6.45, 7) is 11.8. The molecule has 1 saturated carbocycles. The average molecular weight is 482 g/mol. The first-order valence-electron chi connectivity index (χ1n) is 12.4. The van der Waals surface area contributed by atoms with Gasteiger partial charge in [-0.1, -0.05) is 19.9 Å². The molecule has 1 fully saturated rings. The van der Waals surface area contributed by atoms with Gasteiger partial charge in [0.05, 0.1) is 11.0 Å². The van der Waals surface area contributed by atoms with Crippen LogP contribution in [0.1, 0.15) is 70.6 Å². The topological polar surface area (TPSA) is 52.7 Å². The number of carbonyl (C=O) groups excluding carboxylic acids is 2. The minimum absolute atomic E-state index is 0.0494. The molecule has 5 nitrogen and oxygen atoms in total. The number of hydrogen-bond donors (Lipinski definition) is 1. The summed E-state index contributed by atoms with van der Waals surface area (Å²) in [6, 6.07) is 4.16. The molecular weight excluding hydrogens is 443 g/mol. The molecule has 3 rings (SSSR count). The zero-order valence-corrected chi connectivity index (χ0v) is 21.0. The van der Waals surface area contributed by atoms with Crippen LogP contribution in [0, 0.1) is 11.3 Å². The zero-order chi connectivity index (χ0) is 25.3. The lowest BCUT2D eigenvalue weighted by molar-refractivity contribution is -0.145. The third-order valence-corrected chi connectivity index (χ3v) is 7.76. The number of likely N-dealkylation sites (N-methyl/N-ethyl adjacent to an activating group) is 1. The van der Waals surface area contributed by atoms with E-state index in [9.17, 15) is 22.8 Å². The molecule has 2 aliphatic rings. The van der Waals surface area contributed by atoms with Crippen LogP contribution in [-0.4, -0.2) is 53.3 Å². The summed E-state index contributed by atoms with van der Waals surface area (Å²) in [5.74, 6) is 0.226. The summed E-state index contributed by atoms with van der Waals surface area (Å²) >= 11 is 0. The highest BCUT2D eigenvalue weighted by Crippen LogP contribution is 2.46. The first-order chi connectivity index (χ1) is 15.9. The first-order valence-corrected chi connectivity index (χ1v) is 12.4. The number of benzene rings is 1. The second-order valence-corrected chi connectivity index (χ2v) is 10.3. The largest absolute Gasteiger partial charge is 0.416 e. The van der Waals surface area contributed by atoms with Crippen LogP contribution in [0.2, 0.25) is 0 Å². The molecule has 1 aromatic rings. The predicted molar refractivity (Wildman–Crippen MR) is 126 cm³/mol. The molecule has 1 N–H and O–H groups in total. The molecule has 1 aliphatic carbocycles. The van der Waals surface area contributed by atoms with E-state index < -0.39 is 17.2 Å². The van der Waals surface area contributed by atoms with Crippen LogP contribution in [0.5, 0.6) is 0 Å². The maximum absolute atomic E-state index is 13.8. The quantitative estimate of drug-likeness (QED) is 0.618. The number of fused-ring (bicyclic) bond motifs is 1. The van der Waals surface area contributed by atoms with Crippen LogP contribution in [-0.2, 0) is 28.7 Å². The van der Waals surface area contributed by atoms with Gasteiger partial charge >= 0.3 is 6.18 Å². The third kappa shape index (κ3) is 5.58. The van der Waals surface area contributed by atoms with Crippen molar-refractivity contribution in [2.24, 2.45) is 11.3 Å². The molecule has 1 aromatic carbocycles. The lowest BCUT2D eigenvalue weighted by Gasteiger charge is -2.40. The minimum atomic E-state index is -4.39. The van der Waals surface area contributed by atoms with Gasteiger partial charge in [0.15, 0.2) is 0 Å². The number of carbonyl (C=O) groups is 2. The summed E-state index contributed by atoms with van der Waals surface area (Å²) in [4.78, 5) is 29.1. The molecule has 8 heteroatoms. The second-order valence-electron chi connectivity index (χ2n) is 10.3. The fourth-order valence-corrected chi connectivity index (χ4v) is 5.67. The number of amides is 2. The van der Waals surface area contributed by atoms with Crippen LogP contribution < -0.4 is 5.32 Å². The highest BCUT2D eigenvalue weighted by Gasteiger charge is 2.49. The molecule has 0 bridgehead atoms. The van der Waals surface area contributed by atoms with Crippen molar-refractivity contribution in [3.05, 3.63) is 34.9 Å². The van der Waals surface area contributed by atoms with E-state index >= 15 is 0 Å². The second kappa shape index (κ2) is 10.3. The van der Waals surface area contributed by atoms with E-state index in [-0.39, 0.29) is 36.4 Å². The van der Waals surface area contributed by atoms with Gasteiger partial charge in [0, 0.05) is 45.2 Å². The standard InChI is InChI=1S/C26H38F3N3O2/c1-6-31(19(5)33)15-18(4)30-23-9-11-25(14-23,17(2)3)24(34)32-12-10-20-7-8-22(26(27,28)29)13-21(20)16-32/h7-8,13,17-18,23,30H,6,9-12,14-16H2,1-5H3/t18?,23-,25+/m1/s1. The van der Waals surface area contributed by atoms with Gasteiger partial charge in [0.2, 0.25) is 11.8 Å². The number of halogens is 3. The van der Waals surface area contributed by atoms with Gasteiger partial charge in [-0.2, -0.15) is 13.2 Å². The summed E-state index contributed by atoms with van der Waals surface area (Å²) < 4.78 is 39.6. The Morgan fingerprint density at radius 2 is 1.94 bits per heavy atom. The first kappa shape index (κ1) is 26.5. The van der Waals surface area contributed by atoms with E-state index in [1.807, 2.05) is 6.92 Å². The van der Waals surface area contributed by atoms with Crippen LogP contribution in [0.3, 0.4) is 0 Å². The van der Waals surface area contributed by atoms with Gasteiger partial charge in [0.25, 0.3) is 0 Å². The molecule has 190 valence electrons. The zero-order valence-electron chi connectivity index (χ0n) is 21.0. The number of nitrogens with zero attached hydrogens (tertiary/aromatic N) is 2. The molecule has 0 radical (unpaired) electrons. The Labute approximate surface area is 201 Å². The fraction of sp³-hybridized carbons (Fsp3) is 0.692. The van der Waals surface area contributed by atoms with Crippen LogP contribution in [0.15, 0.2) is 18.2 Å². The molecule has 1 heterocycles. The Bertz CT molecular complexity index is 902. The van der Waals surface area contributed by atoms with Gasteiger partial charge in [-0.15, -0.1) is 0 Å². The Morgan fingerprint density at radius 1 is 1.24 bits per heavy atom. The van der Waals surface area contributed by atoms with E-state index in [2.05, 4.69) is 26.1 Å². The summed E-state index contributed by atoms with van der Waals surface area (Å²) in [5.41, 5.74) is 0.298. The molecule has 0 spiro atoms.